The van der Waals surface area contributed by atoms with Crippen LogP contribution >= 0.6 is 0 Å². The summed E-state index contributed by atoms with van der Waals surface area (Å²) in [5.41, 5.74) is 3.41. The molecule has 1 aromatic heterocycles. The van der Waals surface area contributed by atoms with E-state index in [4.69, 9.17) is 9.72 Å². The number of hydrogen-bond donors (Lipinski definition) is 1. The lowest BCUT2D eigenvalue weighted by atomic mass is 10.2. The summed E-state index contributed by atoms with van der Waals surface area (Å²) in [5, 5.41) is 2.99. The van der Waals surface area contributed by atoms with Crippen molar-refractivity contribution in [1.29, 1.82) is 0 Å². The van der Waals surface area contributed by atoms with Gasteiger partial charge in [0.25, 0.3) is 0 Å². The number of imidazole rings is 1. The van der Waals surface area contributed by atoms with Crippen LogP contribution in [-0.2, 0) is 24.3 Å². The monoisotopic (exact) mass is 393 g/mol. The minimum atomic E-state index is 0.0774. The molecular formula is C24H31N3O2. The number of hydrogen-bond acceptors (Lipinski definition) is 3. The Morgan fingerprint density at radius 1 is 1.07 bits per heavy atom. The maximum atomic E-state index is 11.9. The molecule has 29 heavy (non-hydrogen) atoms. The molecule has 3 aromatic rings. The van der Waals surface area contributed by atoms with Crippen LogP contribution in [0.15, 0.2) is 48.5 Å². The third kappa shape index (κ3) is 5.83. The SMILES string of the molecule is CCCC(=O)NCc1nc2ccccc2n1CCCCOc1ccc(CC)cc1. The Hall–Kier alpha value is -2.82. The summed E-state index contributed by atoms with van der Waals surface area (Å²) in [7, 11) is 0. The van der Waals surface area contributed by atoms with E-state index in [1.54, 1.807) is 0 Å². The lowest BCUT2D eigenvalue weighted by Gasteiger charge is -2.11. The first-order valence-corrected chi connectivity index (χ1v) is 10.6. The number of carbonyl (C=O) groups is 1. The van der Waals surface area contributed by atoms with Crippen molar-refractivity contribution in [3.05, 3.63) is 59.9 Å². The Balaban J connectivity index is 1.55. The molecule has 0 spiro atoms. The second kappa shape index (κ2) is 10.6. The standard InChI is InChI=1S/C24H31N3O2/c1-3-9-24(28)25-18-23-26-21-10-5-6-11-22(21)27(23)16-7-8-17-29-20-14-12-19(4-2)13-15-20/h5-6,10-15H,3-4,7-9,16-18H2,1-2H3,(H,25,28). The number of fused-ring (bicyclic) bond motifs is 1. The molecule has 5 nitrogen and oxygen atoms in total. The first kappa shape index (κ1) is 20.9. The van der Waals surface area contributed by atoms with Crippen LogP contribution in [0.4, 0.5) is 0 Å². The molecule has 0 unspecified atom stereocenters. The fourth-order valence-corrected chi connectivity index (χ4v) is 3.39. The van der Waals surface area contributed by atoms with E-state index in [1.807, 2.05) is 37.3 Å². The van der Waals surface area contributed by atoms with Crippen LogP contribution in [0.25, 0.3) is 11.0 Å². The van der Waals surface area contributed by atoms with Gasteiger partial charge in [0.15, 0.2) is 0 Å². The minimum absolute atomic E-state index is 0.0774. The van der Waals surface area contributed by atoms with Crippen LogP contribution in [-0.4, -0.2) is 22.1 Å². The van der Waals surface area contributed by atoms with E-state index in [2.05, 4.69) is 35.0 Å². The average Bonchev–Trinajstić information content (AvgIpc) is 3.10. The quantitative estimate of drug-likeness (QED) is 0.473. The molecule has 0 aliphatic rings. The molecule has 0 aliphatic heterocycles. The summed E-state index contributed by atoms with van der Waals surface area (Å²) in [4.78, 5) is 16.6. The van der Waals surface area contributed by atoms with Crippen molar-refractivity contribution in [3.63, 3.8) is 0 Å². The van der Waals surface area contributed by atoms with Gasteiger partial charge in [-0.2, -0.15) is 0 Å². The predicted octanol–water partition coefficient (Wildman–Crippen LogP) is 4.87. The number of rotatable bonds is 11. The number of benzene rings is 2. The summed E-state index contributed by atoms with van der Waals surface area (Å²) in [6.45, 7) is 6.18. The third-order valence-corrected chi connectivity index (χ3v) is 5.03. The predicted molar refractivity (Wildman–Crippen MR) is 117 cm³/mol. The van der Waals surface area contributed by atoms with E-state index in [-0.39, 0.29) is 5.91 Å². The molecule has 2 aromatic carbocycles. The van der Waals surface area contributed by atoms with E-state index in [1.165, 1.54) is 5.56 Å². The van der Waals surface area contributed by atoms with Crippen molar-refractivity contribution in [2.45, 2.75) is 59.0 Å². The molecule has 0 aliphatic carbocycles. The summed E-state index contributed by atoms with van der Waals surface area (Å²) in [6, 6.07) is 16.5. The Morgan fingerprint density at radius 3 is 2.62 bits per heavy atom. The second-order valence-corrected chi connectivity index (χ2v) is 7.25. The topological polar surface area (TPSA) is 56.2 Å². The van der Waals surface area contributed by atoms with Crippen LogP contribution in [0.2, 0.25) is 0 Å². The number of aryl methyl sites for hydroxylation is 2. The highest BCUT2D eigenvalue weighted by atomic mass is 16.5. The van der Waals surface area contributed by atoms with Crippen LogP contribution in [0.1, 0.15) is 50.9 Å². The van der Waals surface area contributed by atoms with Gasteiger partial charge in [0, 0.05) is 13.0 Å². The number of amides is 1. The van der Waals surface area contributed by atoms with Crippen molar-refractivity contribution in [2.75, 3.05) is 6.61 Å². The number of para-hydroxylation sites is 2. The van der Waals surface area contributed by atoms with Crippen LogP contribution in [0, 0.1) is 0 Å². The van der Waals surface area contributed by atoms with Crippen molar-refractivity contribution >= 4 is 16.9 Å². The minimum Gasteiger partial charge on any atom is -0.494 e. The largest absolute Gasteiger partial charge is 0.494 e. The summed E-state index contributed by atoms with van der Waals surface area (Å²) in [6.07, 6.45) is 4.40. The molecule has 3 rings (SSSR count). The van der Waals surface area contributed by atoms with Gasteiger partial charge in [0.1, 0.15) is 11.6 Å². The molecule has 1 N–H and O–H groups in total. The van der Waals surface area contributed by atoms with Crippen LogP contribution in [0.3, 0.4) is 0 Å². The van der Waals surface area contributed by atoms with Gasteiger partial charge in [0.05, 0.1) is 24.2 Å². The van der Waals surface area contributed by atoms with Gasteiger partial charge in [-0.3, -0.25) is 4.79 Å². The summed E-state index contributed by atoms with van der Waals surface area (Å²) < 4.78 is 8.09. The molecular weight excluding hydrogens is 362 g/mol. The molecule has 5 heteroatoms. The van der Waals surface area contributed by atoms with Gasteiger partial charge in [-0.1, -0.05) is 38.1 Å². The van der Waals surface area contributed by atoms with E-state index >= 15 is 0 Å². The van der Waals surface area contributed by atoms with Gasteiger partial charge in [-0.15, -0.1) is 0 Å². The van der Waals surface area contributed by atoms with Crippen molar-refractivity contribution in [3.8, 4) is 5.75 Å². The zero-order valence-corrected chi connectivity index (χ0v) is 17.5. The first-order valence-electron chi connectivity index (χ1n) is 10.6. The molecule has 1 heterocycles. The van der Waals surface area contributed by atoms with Crippen LogP contribution in [0.5, 0.6) is 5.75 Å². The van der Waals surface area contributed by atoms with Gasteiger partial charge in [-0.05, 0) is 55.5 Å². The number of unbranched alkanes of at least 4 members (excludes halogenated alkanes) is 1. The Kier molecular flexibility index (Phi) is 7.68. The smallest absolute Gasteiger partial charge is 0.220 e. The highest BCUT2D eigenvalue weighted by Gasteiger charge is 2.11. The van der Waals surface area contributed by atoms with Crippen LogP contribution < -0.4 is 10.1 Å². The lowest BCUT2D eigenvalue weighted by molar-refractivity contribution is -0.121. The van der Waals surface area contributed by atoms with E-state index in [0.717, 1.165) is 54.8 Å². The van der Waals surface area contributed by atoms with Gasteiger partial charge in [-0.25, -0.2) is 4.98 Å². The number of carbonyl (C=O) groups excluding carboxylic acids is 1. The molecule has 1 amide bonds. The van der Waals surface area contributed by atoms with E-state index < -0.39 is 0 Å². The number of aromatic nitrogens is 2. The van der Waals surface area contributed by atoms with E-state index in [0.29, 0.717) is 19.6 Å². The maximum Gasteiger partial charge on any atom is 0.220 e. The molecule has 0 radical (unpaired) electrons. The highest BCUT2D eigenvalue weighted by Crippen LogP contribution is 2.18. The van der Waals surface area contributed by atoms with Crippen molar-refractivity contribution < 1.29 is 9.53 Å². The first-order chi connectivity index (χ1) is 14.2. The van der Waals surface area contributed by atoms with Crippen molar-refractivity contribution in [2.24, 2.45) is 0 Å². The molecule has 0 fully saturated rings. The Labute approximate surface area is 173 Å². The second-order valence-electron chi connectivity index (χ2n) is 7.25. The zero-order chi connectivity index (χ0) is 20.5. The van der Waals surface area contributed by atoms with Crippen molar-refractivity contribution in [1.82, 2.24) is 14.9 Å². The Morgan fingerprint density at radius 2 is 1.86 bits per heavy atom. The van der Waals surface area contributed by atoms with E-state index in [9.17, 15) is 4.79 Å². The molecule has 154 valence electrons. The lowest BCUT2D eigenvalue weighted by Crippen LogP contribution is -2.24. The maximum absolute atomic E-state index is 11.9. The van der Waals surface area contributed by atoms with Gasteiger partial charge in [0.2, 0.25) is 5.91 Å². The molecule has 0 atom stereocenters. The number of ether oxygens (including phenoxy) is 1. The summed E-state index contributed by atoms with van der Waals surface area (Å²) in [5.74, 6) is 1.91. The fourth-order valence-electron chi connectivity index (χ4n) is 3.39. The van der Waals surface area contributed by atoms with Gasteiger partial charge >= 0.3 is 0 Å². The van der Waals surface area contributed by atoms with Gasteiger partial charge < -0.3 is 14.6 Å². The normalized spacial score (nSPS) is 11.0. The Bertz CT molecular complexity index is 916. The third-order valence-electron chi connectivity index (χ3n) is 5.03. The molecule has 0 bridgehead atoms. The zero-order valence-electron chi connectivity index (χ0n) is 17.5. The highest BCUT2D eigenvalue weighted by molar-refractivity contribution is 5.77. The number of nitrogens with zero attached hydrogens (tertiary/aromatic N) is 2. The fraction of sp³-hybridized carbons (Fsp3) is 0.417. The average molecular weight is 394 g/mol. The molecule has 0 saturated heterocycles. The molecule has 0 saturated carbocycles. The number of nitrogens with one attached hydrogen (secondary N) is 1. The summed E-state index contributed by atoms with van der Waals surface area (Å²) >= 11 is 0.